The molecule has 6 nitrogen and oxygen atoms in total. The fourth-order valence-corrected chi connectivity index (χ4v) is 3.93. The summed E-state index contributed by atoms with van der Waals surface area (Å²) in [6.07, 6.45) is 5.73. The number of halogens is 1. The van der Waals surface area contributed by atoms with Crippen molar-refractivity contribution in [2.45, 2.75) is 35.1 Å². The molecule has 0 saturated heterocycles. The predicted octanol–water partition coefficient (Wildman–Crippen LogP) is 0.860. The lowest BCUT2D eigenvalue weighted by Gasteiger charge is -2.19. The number of primary sulfonamides is 1. The molecule has 1 aromatic rings. The molecule has 9 heteroatoms. The quantitative estimate of drug-likeness (QED) is 0.796. The van der Waals surface area contributed by atoms with E-state index in [1.165, 1.54) is 0 Å². The fraction of sp³-hybridized carbons (Fsp3) is 0.333. The predicted molar refractivity (Wildman–Crippen MR) is 74.9 cm³/mol. The Kier molecular flexibility index (Phi) is 4.47. The van der Waals surface area contributed by atoms with Gasteiger partial charge in [0.15, 0.2) is 0 Å². The van der Waals surface area contributed by atoms with Crippen LogP contribution in [0.25, 0.3) is 0 Å². The highest BCUT2D eigenvalue weighted by atomic mass is 32.2. The van der Waals surface area contributed by atoms with E-state index in [2.05, 4.69) is 4.72 Å². The molecule has 116 valence electrons. The smallest absolute Gasteiger partial charge is 0.225 e. The minimum Gasteiger partial charge on any atom is -0.225 e. The molecule has 0 fully saturated rings. The third-order valence-corrected chi connectivity index (χ3v) is 5.58. The van der Waals surface area contributed by atoms with Gasteiger partial charge in [0.1, 0.15) is 10.7 Å². The first kappa shape index (κ1) is 16.1. The van der Waals surface area contributed by atoms with Gasteiger partial charge in [-0.1, -0.05) is 12.2 Å². The van der Waals surface area contributed by atoms with E-state index in [1.807, 2.05) is 12.2 Å². The molecule has 0 heterocycles. The molecule has 0 spiro atoms. The van der Waals surface area contributed by atoms with E-state index in [0.29, 0.717) is 18.9 Å². The number of benzene rings is 1. The van der Waals surface area contributed by atoms with Crippen molar-refractivity contribution in [1.29, 1.82) is 0 Å². The SMILES string of the molecule is NS(=O)(=O)c1ccc(S(=O)(=O)NC2CC=CCC2)c(F)c1. The Morgan fingerprint density at radius 1 is 1.19 bits per heavy atom. The Bertz CT molecular complexity index is 772. The van der Waals surface area contributed by atoms with Gasteiger partial charge in [-0.2, -0.15) is 0 Å². The maximum atomic E-state index is 13.9. The number of nitrogens with two attached hydrogens (primary N) is 1. The number of hydrogen-bond acceptors (Lipinski definition) is 4. The van der Waals surface area contributed by atoms with Gasteiger partial charge in [-0.3, -0.25) is 0 Å². The van der Waals surface area contributed by atoms with Gasteiger partial charge in [-0.15, -0.1) is 0 Å². The largest absolute Gasteiger partial charge is 0.243 e. The second-order valence-corrected chi connectivity index (χ2v) is 7.98. The van der Waals surface area contributed by atoms with E-state index in [0.717, 1.165) is 18.6 Å². The summed E-state index contributed by atoms with van der Waals surface area (Å²) < 4.78 is 62.7. The molecule has 0 saturated carbocycles. The lowest BCUT2D eigenvalue weighted by atomic mass is 10.0. The van der Waals surface area contributed by atoms with Crippen LogP contribution in [0.1, 0.15) is 19.3 Å². The minimum absolute atomic E-state index is 0.294. The molecule has 1 aliphatic rings. The van der Waals surface area contributed by atoms with Gasteiger partial charge >= 0.3 is 0 Å². The molecule has 2 rings (SSSR count). The molecule has 0 aromatic heterocycles. The average Bonchev–Trinajstić information content (AvgIpc) is 2.37. The van der Waals surface area contributed by atoms with Crippen molar-refractivity contribution in [2.75, 3.05) is 0 Å². The zero-order valence-electron chi connectivity index (χ0n) is 11.0. The summed E-state index contributed by atoms with van der Waals surface area (Å²) in [4.78, 5) is -1.07. The summed E-state index contributed by atoms with van der Waals surface area (Å²) in [5.74, 6) is -1.15. The van der Waals surface area contributed by atoms with E-state index in [1.54, 1.807) is 0 Å². The highest BCUT2D eigenvalue weighted by molar-refractivity contribution is 7.89. The van der Waals surface area contributed by atoms with Crippen LogP contribution < -0.4 is 9.86 Å². The molecule has 0 bridgehead atoms. The fourth-order valence-electron chi connectivity index (χ4n) is 2.06. The topological polar surface area (TPSA) is 106 Å². The average molecular weight is 334 g/mol. The zero-order valence-corrected chi connectivity index (χ0v) is 12.6. The van der Waals surface area contributed by atoms with Gasteiger partial charge in [0.05, 0.1) is 4.90 Å². The normalized spacial score (nSPS) is 19.6. The van der Waals surface area contributed by atoms with E-state index in [-0.39, 0.29) is 6.04 Å². The standard InChI is InChI=1S/C12H15FN2O4S2/c13-11-8-10(20(14,16)17)6-7-12(11)21(18,19)15-9-4-2-1-3-5-9/h1-2,6-9,15H,3-5H2,(H2,14,16,17). The summed E-state index contributed by atoms with van der Waals surface area (Å²) >= 11 is 0. The molecule has 1 aliphatic carbocycles. The Morgan fingerprint density at radius 3 is 2.43 bits per heavy atom. The molecular formula is C12H15FN2O4S2. The number of hydrogen-bond donors (Lipinski definition) is 2. The van der Waals surface area contributed by atoms with Gasteiger partial charge in [0.25, 0.3) is 0 Å². The highest BCUT2D eigenvalue weighted by Gasteiger charge is 2.24. The Morgan fingerprint density at radius 2 is 1.90 bits per heavy atom. The van der Waals surface area contributed by atoms with E-state index in [4.69, 9.17) is 5.14 Å². The lowest BCUT2D eigenvalue weighted by Crippen LogP contribution is -2.35. The van der Waals surface area contributed by atoms with E-state index >= 15 is 0 Å². The summed E-state index contributed by atoms with van der Waals surface area (Å²) in [5.41, 5.74) is 0. The second kappa shape index (κ2) is 5.84. The molecule has 1 unspecified atom stereocenters. The third-order valence-electron chi connectivity index (χ3n) is 3.11. The van der Waals surface area contributed by atoms with Crippen molar-refractivity contribution in [3.8, 4) is 0 Å². The Balaban J connectivity index is 2.30. The molecule has 1 atom stereocenters. The van der Waals surface area contributed by atoms with Crippen LogP contribution in [-0.2, 0) is 20.0 Å². The zero-order chi connectivity index (χ0) is 15.7. The molecule has 3 N–H and O–H groups in total. The monoisotopic (exact) mass is 334 g/mol. The highest BCUT2D eigenvalue weighted by Crippen LogP contribution is 2.20. The van der Waals surface area contributed by atoms with Crippen LogP contribution in [0.15, 0.2) is 40.1 Å². The van der Waals surface area contributed by atoms with Crippen LogP contribution in [0.5, 0.6) is 0 Å². The van der Waals surface area contributed by atoms with Gasteiger partial charge in [-0.25, -0.2) is 31.1 Å². The first-order valence-electron chi connectivity index (χ1n) is 6.20. The number of allylic oxidation sites excluding steroid dienone is 1. The molecule has 0 radical (unpaired) electrons. The van der Waals surface area contributed by atoms with E-state index < -0.39 is 35.7 Å². The molecule has 0 aliphatic heterocycles. The summed E-state index contributed by atoms with van der Waals surface area (Å²) in [5, 5.41) is 4.87. The first-order chi connectivity index (χ1) is 9.70. The number of nitrogens with one attached hydrogen (secondary N) is 1. The molecule has 1 aromatic carbocycles. The second-order valence-electron chi connectivity index (χ2n) is 4.74. The van der Waals surface area contributed by atoms with Crippen LogP contribution in [-0.4, -0.2) is 22.9 Å². The lowest BCUT2D eigenvalue weighted by molar-refractivity contribution is 0.513. The van der Waals surface area contributed by atoms with Gasteiger partial charge in [0, 0.05) is 6.04 Å². The van der Waals surface area contributed by atoms with Crippen molar-refractivity contribution >= 4 is 20.0 Å². The molecule has 21 heavy (non-hydrogen) atoms. The number of sulfonamides is 2. The van der Waals surface area contributed by atoms with Crippen LogP contribution in [0.4, 0.5) is 4.39 Å². The molecule has 0 amide bonds. The van der Waals surface area contributed by atoms with Crippen molar-refractivity contribution in [1.82, 2.24) is 4.72 Å². The maximum absolute atomic E-state index is 13.9. The van der Waals surface area contributed by atoms with Gasteiger partial charge in [-0.05, 0) is 37.5 Å². The number of rotatable bonds is 4. The van der Waals surface area contributed by atoms with Crippen molar-refractivity contribution < 1.29 is 21.2 Å². The maximum Gasteiger partial charge on any atom is 0.243 e. The summed E-state index contributed by atoms with van der Waals surface area (Å²) in [7, 11) is -8.13. The molecular weight excluding hydrogens is 319 g/mol. The minimum atomic E-state index is -4.08. The van der Waals surface area contributed by atoms with Crippen LogP contribution in [0.2, 0.25) is 0 Å². The van der Waals surface area contributed by atoms with Gasteiger partial charge < -0.3 is 0 Å². The summed E-state index contributed by atoms with van der Waals surface area (Å²) in [6.45, 7) is 0. The third kappa shape index (κ3) is 3.88. The van der Waals surface area contributed by atoms with E-state index in [9.17, 15) is 21.2 Å². The van der Waals surface area contributed by atoms with Crippen LogP contribution in [0.3, 0.4) is 0 Å². The van der Waals surface area contributed by atoms with Crippen molar-refractivity contribution in [2.24, 2.45) is 5.14 Å². The van der Waals surface area contributed by atoms with Crippen LogP contribution in [0, 0.1) is 5.82 Å². The Hall–Kier alpha value is -1.29. The van der Waals surface area contributed by atoms with Crippen LogP contribution >= 0.6 is 0 Å². The summed E-state index contributed by atoms with van der Waals surface area (Å²) in [6, 6.07) is 2.17. The van der Waals surface area contributed by atoms with Gasteiger partial charge in [0.2, 0.25) is 20.0 Å². The van der Waals surface area contributed by atoms with Crippen molar-refractivity contribution in [3.63, 3.8) is 0 Å². The van der Waals surface area contributed by atoms with Crippen molar-refractivity contribution in [3.05, 3.63) is 36.2 Å². The first-order valence-corrected chi connectivity index (χ1v) is 9.23. The Labute approximate surface area is 123 Å².